The van der Waals surface area contributed by atoms with Crippen molar-refractivity contribution >= 4 is 16.5 Å². The first-order chi connectivity index (χ1) is 8.25. The lowest BCUT2D eigenvalue weighted by molar-refractivity contribution is 0.547. The third kappa shape index (κ3) is 3.96. The largest absolute Gasteiger partial charge is 0.348 e. The molecule has 2 heterocycles. The van der Waals surface area contributed by atoms with Gasteiger partial charge in [-0.1, -0.05) is 13.8 Å². The molecular weight excluding hydrogens is 230 g/mol. The topological polar surface area (TPSA) is 28.2 Å². The molecule has 96 valence electrons. The number of rotatable bonds is 5. The molecule has 0 spiro atoms. The minimum absolute atomic E-state index is 0.704. The molecule has 0 amide bonds. The van der Waals surface area contributed by atoms with Crippen LogP contribution in [-0.2, 0) is 6.54 Å². The first-order valence-corrected chi connectivity index (χ1v) is 7.54. The maximum absolute atomic E-state index is 4.71. The molecule has 0 radical (unpaired) electrons. The van der Waals surface area contributed by atoms with Crippen LogP contribution in [-0.4, -0.2) is 24.6 Å². The van der Waals surface area contributed by atoms with E-state index in [1.54, 1.807) is 11.3 Å². The van der Waals surface area contributed by atoms with Crippen molar-refractivity contribution in [1.82, 2.24) is 10.3 Å². The zero-order valence-electron chi connectivity index (χ0n) is 10.9. The minimum atomic E-state index is 0.704. The van der Waals surface area contributed by atoms with Crippen LogP contribution in [0.3, 0.4) is 0 Å². The molecule has 0 bridgehead atoms. The lowest BCUT2D eigenvalue weighted by Gasteiger charge is -2.25. The van der Waals surface area contributed by atoms with Crippen molar-refractivity contribution in [3.05, 3.63) is 11.1 Å². The van der Waals surface area contributed by atoms with E-state index in [4.69, 9.17) is 4.98 Å². The lowest BCUT2D eigenvalue weighted by Crippen LogP contribution is -2.29. The summed E-state index contributed by atoms with van der Waals surface area (Å²) in [7, 11) is 0. The van der Waals surface area contributed by atoms with Gasteiger partial charge in [-0.15, -0.1) is 11.3 Å². The van der Waals surface area contributed by atoms with E-state index in [1.807, 2.05) is 0 Å². The fraction of sp³-hybridized carbons (Fsp3) is 0.769. The molecule has 0 aliphatic carbocycles. The molecule has 2 rings (SSSR count). The number of piperidine rings is 1. The number of thiazole rings is 1. The van der Waals surface area contributed by atoms with Crippen molar-refractivity contribution in [3.63, 3.8) is 0 Å². The van der Waals surface area contributed by atoms with Crippen LogP contribution in [0.4, 0.5) is 5.13 Å². The molecule has 4 heteroatoms. The summed E-state index contributed by atoms with van der Waals surface area (Å²) < 4.78 is 0. The number of nitrogens with one attached hydrogen (secondary N) is 1. The molecule has 1 aromatic rings. The van der Waals surface area contributed by atoms with Crippen molar-refractivity contribution in [2.45, 2.75) is 39.7 Å². The van der Waals surface area contributed by atoms with E-state index in [-0.39, 0.29) is 0 Å². The summed E-state index contributed by atoms with van der Waals surface area (Å²) in [5, 5.41) is 6.85. The zero-order valence-corrected chi connectivity index (χ0v) is 11.7. The van der Waals surface area contributed by atoms with Gasteiger partial charge in [0.2, 0.25) is 0 Å². The van der Waals surface area contributed by atoms with Crippen molar-refractivity contribution in [2.24, 2.45) is 5.92 Å². The summed E-state index contributed by atoms with van der Waals surface area (Å²) in [6.45, 7) is 8.80. The maximum atomic E-state index is 4.71. The third-order valence-electron chi connectivity index (χ3n) is 3.02. The minimum Gasteiger partial charge on any atom is -0.348 e. The number of nitrogens with zero attached hydrogens (tertiary/aromatic N) is 2. The fourth-order valence-corrected chi connectivity index (χ4v) is 2.98. The van der Waals surface area contributed by atoms with Gasteiger partial charge in [0, 0.05) is 25.0 Å². The number of aromatic nitrogens is 1. The molecule has 0 aromatic carbocycles. The van der Waals surface area contributed by atoms with Crippen LogP contribution in [0.25, 0.3) is 0 Å². The van der Waals surface area contributed by atoms with E-state index in [0.717, 1.165) is 13.1 Å². The predicted octanol–water partition coefficient (Wildman–Crippen LogP) is 2.88. The second kappa shape index (κ2) is 6.36. The van der Waals surface area contributed by atoms with Crippen LogP contribution in [0.1, 0.15) is 38.8 Å². The summed E-state index contributed by atoms with van der Waals surface area (Å²) in [5.41, 5.74) is 1.19. The van der Waals surface area contributed by atoms with Gasteiger partial charge in [0.05, 0.1) is 5.69 Å². The number of hydrogen-bond acceptors (Lipinski definition) is 4. The highest BCUT2D eigenvalue weighted by atomic mass is 32.1. The molecule has 0 atom stereocenters. The Labute approximate surface area is 108 Å². The van der Waals surface area contributed by atoms with Crippen LogP contribution in [0.5, 0.6) is 0 Å². The van der Waals surface area contributed by atoms with Gasteiger partial charge in [0.25, 0.3) is 0 Å². The summed E-state index contributed by atoms with van der Waals surface area (Å²) in [5.74, 6) is 0.704. The molecule has 1 saturated heterocycles. The molecule has 1 fully saturated rings. The highest BCUT2D eigenvalue weighted by Gasteiger charge is 2.13. The van der Waals surface area contributed by atoms with Crippen molar-refractivity contribution in [1.29, 1.82) is 0 Å². The summed E-state index contributed by atoms with van der Waals surface area (Å²) in [4.78, 5) is 7.14. The lowest BCUT2D eigenvalue weighted by atomic mass is 10.1. The Balaban J connectivity index is 1.82. The van der Waals surface area contributed by atoms with Gasteiger partial charge >= 0.3 is 0 Å². The van der Waals surface area contributed by atoms with E-state index >= 15 is 0 Å². The average molecular weight is 253 g/mol. The highest BCUT2D eigenvalue weighted by Crippen LogP contribution is 2.23. The third-order valence-corrected chi connectivity index (χ3v) is 3.98. The summed E-state index contributed by atoms with van der Waals surface area (Å²) >= 11 is 1.79. The van der Waals surface area contributed by atoms with E-state index in [1.165, 1.54) is 43.2 Å². The second-order valence-electron chi connectivity index (χ2n) is 5.19. The van der Waals surface area contributed by atoms with Gasteiger partial charge in [-0.25, -0.2) is 4.98 Å². The number of hydrogen-bond donors (Lipinski definition) is 1. The molecule has 1 aliphatic heterocycles. The highest BCUT2D eigenvalue weighted by molar-refractivity contribution is 7.13. The Morgan fingerprint density at radius 1 is 1.35 bits per heavy atom. The summed E-state index contributed by atoms with van der Waals surface area (Å²) in [6, 6.07) is 0. The van der Waals surface area contributed by atoms with Crippen molar-refractivity contribution in [3.8, 4) is 0 Å². The standard InChI is InChI=1S/C13H23N3S/c1-11(2)8-14-9-12-10-17-13(15-12)16-6-4-3-5-7-16/h10-11,14H,3-9H2,1-2H3. The quantitative estimate of drug-likeness (QED) is 0.874. The smallest absolute Gasteiger partial charge is 0.185 e. The Morgan fingerprint density at radius 2 is 2.12 bits per heavy atom. The van der Waals surface area contributed by atoms with Crippen LogP contribution in [0.2, 0.25) is 0 Å². The first kappa shape index (κ1) is 12.8. The van der Waals surface area contributed by atoms with Crippen LogP contribution in [0, 0.1) is 5.92 Å². The van der Waals surface area contributed by atoms with Crippen molar-refractivity contribution in [2.75, 3.05) is 24.5 Å². The van der Waals surface area contributed by atoms with E-state index in [9.17, 15) is 0 Å². The van der Waals surface area contributed by atoms with Gasteiger partial charge < -0.3 is 10.2 Å². The van der Waals surface area contributed by atoms with Crippen LogP contribution >= 0.6 is 11.3 Å². The average Bonchev–Trinajstić information content (AvgIpc) is 2.78. The second-order valence-corrected chi connectivity index (χ2v) is 6.03. The monoisotopic (exact) mass is 253 g/mol. The van der Waals surface area contributed by atoms with E-state index < -0.39 is 0 Å². The summed E-state index contributed by atoms with van der Waals surface area (Å²) in [6.07, 6.45) is 4.02. The Kier molecular flexibility index (Phi) is 4.80. The van der Waals surface area contributed by atoms with E-state index in [0.29, 0.717) is 5.92 Å². The zero-order chi connectivity index (χ0) is 12.1. The molecule has 0 unspecified atom stereocenters. The van der Waals surface area contributed by atoms with Crippen LogP contribution < -0.4 is 10.2 Å². The van der Waals surface area contributed by atoms with Gasteiger partial charge in [-0.05, 0) is 31.7 Å². The normalized spacial score (nSPS) is 16.8. The SMILES string of the molecule is CC(C)CNCc1csc(N2CCCCC2)n1. The van der Waals surface area contributed by atoms with Gasteiger partial charge in [0.1, 0.15) is 0 Å². The molecule has 0 saturated carbocycles. The Hall–Kier alpha value is -0.610. The van der Waals surface area contributed by atoms with Gasteiger partial charge in [-0.3, -0.25) is 0 Å². The van der Waals surface area contributed by atoms with Crippen molar-refractivity contribution < 1.29 is 0 Å². The van der Waals surface area contributed by atoms with Crippen LogP contribution in [0.15, 0.2) is 5.38 Å². The molecule has 1 N–H and O–H groups in total. The number of anilines is 1. The molecule has 1 aromatic heterocycles. The molecular formula is C13H23N3S. The van der Waals surface area contributed by atoms with E-state index in [2.05, 4.69) is 29.4 Å². The maximum Gasteiger partial charge on any atom is 0.185 e. The molecule has 1 aliphatic rings. The Morgan fingerprint density at radius 3 is 2.82 bits per heavy atom. The van der Waals surface area contributed by atoms with Gasteiger partial charge in [-0.2, -0.15) is 0 Å². The van der Waals surface area contributed by atoms with Gasteiger partial charge in [0.15, 0.2) is 5.13 Å². The Bertz CT molecular complexity index is 329. The first-order valence-electron chi connectivity index (χ1n) is 6.66. The molecule has 3 nitrogen and oxygen atoms in total. The fourth-order valence-electron chi connectivity index (χ4n) is 2.10. The molecule has 17 heavy (non-hydrogen) atoms. The predicted molar refractivity (Wildman–Crippen MR) is 74.7 cm³/mol.